The van der Waals surface area contributed by atoms with Crippen molar-refractivity contribution in [3.8, 4) is 0 Å². The molecule has 1 aromatic rings. The van der Waals surface area contributed by atoms with E-state index in [2.05, 4.69) is 0 Å². The lowest BCUT2D eigenvalue weighted by atomic mass is 9.73. The number of aryl methyl sites for hydroxylation is 2. The van der Waals surface area contributed by atoms with Gasteiger partial charge in [-0.1, -0.05) is 63.3 Å². The van der Waals surface area contributed by atoms with E-state index in [1.165, 1.54) is 0 Å². The van der Waals surface area contributed by atoms with Crippen LogP contribution in [-0.2, 0) is 19.1 Å². The number of para-hydroxylation sites is 1. The third-order valence-corrected chi connectivity index (χ3v) is 9.24. The Labute approximate surface area is 231 Å². The van der Waals surface area contributed by atoms with Crippen LogP contribution in [0.25, 0.3) is 0 Å². The molecule has 1 N–H and O–H groups in total. The highest BCUT2D eigenvalue weighted by molar-refractivity contribution is 6.06. The first-order valence-electron chi connectivity index (χ1n) is 14.4. The topological polar surface area (TPSA) is 90.4 Å². The zero-order valence-electron chi connectivity index (χ0n) is 23.7. The van der Waals surface area contributed by atoms with Gasteiger partial charge in [0.2, 0.25) is 11.8 Å². The average molecular weight is 536 g/mol. The summed E-state index contributed by atoms with van der Waals surface area (Å²) in [4.78, 5) is 48.5. The van der Waals surface area contributed by atoms with Gasteiger partial charge in [0, 0.05) is 25.3 Å². The fraction of sp³-hybridized carbons (Fsp3) is 0.581. The number of nitrogens with zero attached hydrogens (tertiary/aromatic N) is 3. The van der Waals surface area contributed by atoms with E-state index in [0.717, 1.165) is 23.2 Å². The summed E-state index contributed by atoms with van der Waals surface area (Å²) in [7, 11) is 0. The summed E-state index contributed by atoms with van der Waals surface area (Å²) >= 11 is 0. The Morgan fingerprint density at radius 1 is 0.974 bits per heavy atom. The van der Waals surface area contributed by atoms with Crippen LogP contribution in [0.3, 0.4) is 0 Å². The molecule has 4 aliphatic heterocycles. The zero-order chi connectivity index (χ0) is 28.1. The first kappa shape index (κ1) is 27.6. The quantitative estimate of drug-likeness (QED) is 0.542. The van der Waals surface area contributed by atoms with Crippen LogP contribution in [-0.4, -0.2) is 82.2 Å². The van der Waals surface area contributed by atoms with Crippen LogP contribution in [0.1, 0.15) is 51.2 Å². The number of aliphatic hydroxyl groups is 1. The van der Waals surface area contributed by atoms with E-state index in [1.54, 1.807) is 14.7 Å². The van der Waals surface area contributed by atoms with Crippen LogP contribution in [0.4, 0.5) is 5.69 Å². The third-order valence-electron chi connectivity index (χ3n) is 9.24. The Hall–Kier alpha value is -2.97. The Balaban J connectivity index is 1.71. The molecular formula is C31H41N3O5. The second kappa shape index (κ2) is 10.2. The Morgan fingerprint density at radius 3 is 2.28 bits per heavy atom. The van der Waals surface area contributed by atoms with E-state index in [0.29, 0.717) is 32.5 Å². The predicted molar refractivity (Wildman–Crippen MR) is 149 cm³/mol. The number of anilines is 1. The fourth-order valence-electron chi connectivity index (χ4n) is 7.46. The van der Waals surface area contributed by atoms with Gasteiger partial charge in [-0.3, -0.25) is 14.4 Å². The molecule has 3 amide bonds. The van der Waals surface area contributed by atoms with Crippen LogP contribution in [0.5, 0.6) is 0 Å². The molecule has 8 nitrogen and oxygen atoms in total. The van der Waals surface area contributed by atoms with Crippen LogP contribution in [0.15, 0.2) is 42.5 Å². The van der Waals surface area contributed by atoms with Crippen molar-refractivity contribution in [2.45, 2.75) is 77.2 Å². The first-order valence-corrected chi connectivity index (χ1v) is 14.4. The molecule has 0 radical (unpaired) electrons. The standard InChI is InChI=1S/C31H41N3O5/c1-6-16-32-17-10-14-30(8-3)23(27(32)36)24-28(37)34(22(7-2)19-35)26-29(38)33(18-11-15-31(24,26)39-30)25-20(4)12-9-13-21(25)5/h9-15,22-24,26,35H,6-8,16-19H2,1-5H3/t22-,23+,24-,26?,30-,31-/m0/s1. The molecule has 0 aromatic heterocycles. The number of ether oxygens (including phenoxy) is 1. The smallest absolute Gasteiger partial charge is 0.253 e. The molecule has 0 aliphatic carbocycles. The monoisotopic (exact) mass is 535 g/mol. The number of likely N-dealkylation sites (tertiary alicyclic amines) is 1. The van der Waals surface area contributed by atoms with E-state index in [4.69, 9.17) is 4.74 Å². The van der Waals surface area contributed by atoms with E-state index < -0.39 is 35.1 Å². The molecule has 4 heterocycles. The second-order valence-electron chi connectivity index (χ2n) is 11.4. The average Bonchev–Trinajstić information content (AvgIpc) is 3.21. The highest BCUT2D eigenvalue weighted by Crippen LogP contribution is 2.59. The van der Waals surface area contributed by atoms with Crippen LogP contribution in [0.2, 0.25) is 0 Å². The molecule has 0 bridgehead atoms. The minimum Gasteiger partial charge on any atom is -0.394 e. The molecule has 210 valence electrons. The molecule has 1 spiro atoms. The van der Waals surface area contributed by atoms with Crippen molar-refractivity contribution in [3.63, 3.8) is 0 Å². The summed E-state index contributed by atoms with van der Waals surface area (Å²) in [5.41, 5.74) is 0.427. The van der Waals surface area contributed by atoms with Crippen molar-refractivity contribution in [2.75, 3.05) is 31.1 Å². The lowest BCUT2D eigenvalue weighted by Gasteiger charge is -2.41. The Kier molecular flexibility index (Phi) is 7.22. The second-order valence-corrected chi connectivity index (χ2v) is 11.4. The molecule has 6 atom stereocenters. The molecule has 0 saturated carbocycles. The molecule has 2 fully saturated rings. The maximum Gasteiger partial charge on any atom is 0.253 e. The number of carbonyl (C=O) groups excluding carboxylic acids is 3. The van der Waals surface area contributed by atoms with E-state index in [9.17, 15) is 19.5 Å². The number of aliphatic hydroxyl groups excluding tert-OH is 1. The van der Waals surface area contributed by atoms with Crippen molar-refractivity contribution in [1.82, 2.24) is 9.80 Å². The van der Waals surface area contributed by atoms with Gasteiger partial charge in [0.05, 0.1) is 30.1 Å². The Bertz CT molecular complexity index is 1200. The summed E-state index contributed by atoms with van der Waals surface area (Å²) in [5.74, 6) is -2.26. The van der Waals surface area contributed by atoms with Crippen molar-refractivity contribution in [3.05, 3.63) is 53.6 Å². The number of amides is 3. The molecule has 39 heavy (non-hydrogen) atoms. The number of rotatable bonds is 7. The Morgan fingerprint density at radius 2 is 1.67 bits per heavy atom. The van der Waals surface area contributed by atoms with Gasteiger partial charge in [-0.2, -0.15) is 0 Å². The summed E-state index contributed by atoms with van der Waals surface area (Å²) < 4.78 is 7.02. The van der Waals surface area contributed by atoms with Gasteiger partial charge in [0.1, 0.15) is 11.6 Å². The highest BCUT2D eigenvalue weighted by atomic mass is 16.5. The van der Waals surface area contributed by atoms with Crippen LogP contribution in [0, 0.1) is 25.7 Å². The minimum atomic E-state index is -1.32. The van der Waals surface area contributed by atoms with Gasteiger partial charge in [-0.15, -0.1) is 0 Å². The fourth-order valence-corrected chi connectivity index (χ4v) is 7.46. The highest BCUT2D eigenvalue weighted by Gasteiger charge is 2.75. The minimum absolute atomic E-state index is 0.103. The number of hydrogen-bond acceptors (Lipinski definition) is 5. The van der Waals surface area contributed by atoms with Gasteiger partial charge in [0.15, 0.2) is 0 Å². The lowest BCUT2D eigenvalue weighted by molar-refractivity contribution is -0.152. The van der Waals surface area contributed by atoms with Crippen LogP contribution < -0.4 is 4.90 Å². The molecule has 4 aliphatic rings. The van der Waals surface area contributed by atoms with Crippen molar-refractivity contribution < 1.29 is 24.2 Å². The van der Waals surface area contributed by atoms with Gasteiger partial charge < -0.3 is 24.5 Å². The van der Waals surface area contributed by atoms with Gasteiger partial charge >= 0.3 is 0 Å². The summed E-state index contributed by atoms with van der Waals surface area (Å²) in [6.45, 7) is 11.0. The van der Waals surface area contributed by atoms with E-state index in [-0.39, 0.29) is 24.3 Å². The zero-order valence-corrected chi connectivity index (χ0v) is 23.7. The van der Waals surface area contributed by atoms with Crippen LogP contribution >= 0.6 is 0 Å². The van der Waals surface area contributed by atoms with Crippen molar-refractivity contribution in [1.29, 1.82) is 0 Å². The van der Waals surface area contributed by atoms with E-state index in [1.807, 2.05) is 77.1 Å². The third kappa shape index (κ3) is 3.90. The molecule has 8 heteroatoms. The van der Waals surface area contributed by atoms with E-state index >= 15 is 0 Å². The predicted octanol–water partition coefficient (Wildman–Crippen LogP) is 3.15. The maximum absolute atomic E-state index is 14.7. The summed E-state index contributed by atoms with van der Waals surface area (Å²) in [6, 6.07) is 4.35. The lowest BCUT2D eigenvalue weighted by Crippen LogP contribution is -2.59. The number of benzene rings is 1. The number of carbonyl (C=O) groups is 3. The van der Waals surface area contributed by atoms with Crippen molar-refractivity contribution in [2.24, 2.45) is 11.8 Å². The molecular weight excluding hydrogens is 494 g/mol. The maximum atomic E-state index is 14.7. The van der Waals surface area contributed by atoms with Gasteiger partial charge in [0.25, 0.3) is 5.91 Å². The first-order chi connectivity index (χ1) is 18.7. The van der Waals surface area contributed by atoms with Gasteiger partial charge in [-0.05, 0) is 44.2 Å². The summed E-state index contributed by atoms with van der Waals surface area (Å²) in [6.07, 6.45) is 9.51. The number of fused-ring (bicyclic) bond motifs is 2. The molecule has 1 unspecified atom stereocenters. The summed E-state index contributed by atoms with van der Waals surface area (Å²) in [5, 5.41) is 10.4. The molecule has 2 saturated heterocycles. The molecule has 5 rings (SSSR count). The largest absolute Gasteiger partial charge is 0.394 e. The number of hydrogen-bond donors (Lipinski definition) is 1. The SMILES string of the molecule is CCCN1CC=C[C@]2(CC)O[C@]34C=CCN(c5c(C)cccc5C)C(=O)C3N([C@@H](CC)CO)C(=O)[C@@H]4[C@@H]2C1=O. The van der Waals surface area contributed by atoms with Gasteiger partial charge in [-0.25, -0.2) is 0 Å². The molecule has 1 aromatic carbocycles. The normalized spacial score (nSPS) is 32.7. The van der Waals surface area contributed by atoms with Crippen molar-refractivity contribution >= 4 is 23.4 Å².